The molecule has 0 aliphatic rings. The van der Waals surface area contributed by atoms with E-state index < -0.39 is 0 Å². The van der Waals surface area contributed by atoms with Crippen LogP contribution in [0.2, 0.25) is 0 Å². The highest BCUT2D eigenvalue weighted by atomic mass is 79.9. The zero-order valence-electron chi connectivity index (χ0n) is 7.16. The lowest BCUT2D eigenvalue weighted by Gasteiger charge is -1.92. The van der Waals surface area contributed by atoms with Gasteiger partial charge in [0.2, 0.25) is 0 Å². The van der Waals surface area contributed by atoms with Crippen molar-refractivity contribution in [1.29, 1.82) is 0 Å². The molecule has 68 valence electrons. The van der Waals surface area contributed by atoms with Crippen molar-refractivity contribution in [2.24, 2.45) is 0 Å². The van der Waals surface area contributed by atoms with Gasteiger partial charge < -0.3 is 5.32 Å². The summed E-state index contributed by atoms with van der Waals surface area (Å²) in [5.74, 6) is 0.800. The highest BCUT2D eigenvalue weighted by molar-refractivity contribution is 9.10. The quantitative estimate of drug-likeness (QED) is 0.803. The van der Waals surface area contributed by atoms with E-state index in [1.165, 1.54) is 0 Å². The van der Waals surface area contributed by atoms with Gasteiger partial charge in [0.25, 0.3) is 0 Å². The molecule has 0 aromatic carbocycles. The standard InChI is InChI=1S/C8H9BrN4/c1-10-5-7-11-8-4-2-3-6(9)13(8)12-7/h2-4,10H,5H2,1H3. The van der Waals surface area contributed by atoms with Crippen molar-refractivity contribution in [3.05, 3.63) is 28.6 Å². The Morgan fingerprint density at radius 1 is 1.54 bits per heavy atom. The van der Waals surface area contributed by atoms with Gasteiger partial charge in [-0.1, -0.05) is 6.07 Å². The van der Waals surface area contributed by atoms with Gasteiger partial charge in [0.1, 0.15) is 4.60 Å². The Morgan fingerprint density at radius 2 is 2.38 bits per heavy atom. The van der Waals surface area contributed by atoms with Crippen LogP contribution < -0.4 is 5.32 Å². The maximum Gasteiger partial charge on any atom is 0.165 e. The monoisotopic (exact) mass is 240 g/mol. The van der Waals surface area contributed by atoms with E-state index in [0.29, 0.717) is 6.54 Å². The summed E-state index contributed by atoms with van der Waals surface area (Å²) in [6.07, 6.45) is 0. The van der Waals surface area contributed by atoms with E-state index in [1.807, 2.05) is 25.2 Å². The van der Waals surface area contributed by atoms with Crippen LogP contribution in [-0.4, -0.2) is 21.6 Å². The minimum atomic E-state index is 0.689. The fraction of sp³-hybridized carbons (Fsp3) is 0.250. The molecule has 4 nitrogen and oxygen atoms in total. The Hall–Kier alpha value is -0.940. The number of pyridine rings is 1. The number of hydrogen-bond acceptors (Lipinski definition) is 3. The SMILES string of the molecule is CNCc1nc2cccc(Br)n2n1. The molecular weight excluding hydrogens is 232 g/mol. The van der Waals surface area contributed by atoms with E-state index in [0.717, 1.165) is 16.1 Å². The second kappa shape index (κ2) is 3.43. The average Bonchev–Trinajstić information content (AvgIpc) is 2.49. The molecule has 2 aromatic heterocycles. The third-order valence-electron chi connectivity index (χ3n) is 1.69. The van der Waals surface area contributed by atoms with Gasteiger partial charge in [-0.25, -0.2) is 9.50 Å². The number of rotatable bonds is 2. The van der Waals surface area contributed by atoms with Crippen LogP contribution in [0.3, 0.4) is 0 Å². The Bertz CT molecular complexity index is 423. The minimum absolute atomic E-state index is 0.689. The summed E-state index contributed by atoms with van der Waals surface area (Å²) in [5, 5.41) is 7.31. The molecule has 0 fully saturated rings. The molecular formula is C8H9BrN4. The first-order valence-electron chi connectivity index (χ1n) is 3.96. The molecule has 0 aliphatic carbocycles. The molecule has 0 radical (unpaired) electrons. The van der Waals surface area contributed by atoms with E-state index in [1.54, 1.807) is 4.52 Å². The molecule has 0 bridgehead atoms. The summed E-state index contributed by atoms with van der Waals surface area (Å²) in [4.78, 5) is 4.32. The summed E-state index contributed by atoms with van der Waals surface area (Å²) < 4.78 is 2.69. The Morgan fingerprint density at radius 3 is 3.08 bits per heavy atom. The molecule has 0 amide bonds. The molecule has 13 heavy (non-hydrogen) atoms. The molecule has 0 atom stereocenters. The highest BCUT2D eigenvalue weighted by Crippen LogP contribution is 2.11. The van der Waals surface area contributed by atoms with Crippen molar-refractivity contribution in [3.8, 4) is 0 Å². The van der Waals surface area contributed by atoms with Crippen LogP contribution in [0.4, 0.5) is 0 Å². The van der Waals surface area contributed by atoms with Gasteiger partial charge in [-0.3, -0.25) is 0 Å². The summed E-state index contributed by atoms with van der Waals surface area (Å²) in [6.45, 7) is 0.689. The van der Waals surface area contributed by atoms with Crippen LogP contribution in [0.5, 0.6) is 0 Å². The summed E-state index contributed by atoms with van der Waals surface area (Å²) in [7, 11) is 1.88. The first-order valence-corrected chi connectivity index (χ1v) is 4.75. The van der Waals surface area contributed by atoms with Gasteiger partial charge in [-0.2, -0.15) is 0 Å². The van der Waals surface area contributed by atoms with E-state index in [4.69, 9.17) is 0 Å². The fourth-order valence-electron chi connectivity index (χ4n) is 1.15. The van der Waals surface area contributed by atoms with Crippen molar-refractivity contribution in [3.63, 3.8) is 0 Å². The van der Waals surface area contributed by atoms with Gasteiger partial charge in [0, 0.05) is 0 Å². The van der Waals surface area contributed by atoms with Gasteiger partial charge in [0.15, 0.2) is 11.5 Å². The van der Waals surface area contributed by atoms with E-state index in [-0.39, 0.29) is 0 Å². The lowest BCUT2D eigenvalue weighted by Crippen LogP contribution is -2.06. The smallest absolute Gasteiger partial charge is 0.165 e. The molecule has 2 heterocycles. The number of halogens is 1. The van der Waals surface area contributed by atoms with E-state index in [2.05, 4.69) is 31.3 Å². The molecule has 0 spiro atoms. The first-order chi connectivity index (χ1) is 6.31. The molecule has 0 unspecified atom stereocenters. The maximum absolute atomic E-state index is 4.32. The van der Waals surface area contributed by atoms with Crippen molar-refractivity contribution in [2.75, 3.05) is 7.05 Å². The minimum Gasteiger partial charge on any atom is -0.313 e. The van der Waals surface area contributed by atoms with Gasteiger partial charge in [-0.15, -0.1) is 5.10 Å². The van der Waals surface area contributed by atoms with Crippen molar-refractivity contribution >= 4 is 21.6 Å². The number of hydrogen-bond donors (Lipinski definition) is 1. The van der Waals surface area contributed by atoms with E-state index in [9.17, 15) is 0 Å². The molecule has 0 saturated carbocycles. The predicted molar refractivity (Wildman–Crippen MR) is 53.5 cm³/mol. The number of aromatic nitrogens is 3. The van der Waals surface area contributed by atoms with Gasteiger partial charge in [0.05, 0.1) is 6.54 Å². The van der Waals surface area contributed by atoms with Gasteiger partial charge >= 0.3 is 0 Å². The molecule has 2 rings (SSSR count). The zero-order chi connectivity index (χ0) is 9.26. The van der Waals surface area contributed by atoms with Crippen LogP contribution in [-0.2, 0) is 6.54 Å². The van der Waals surface area contributed by atoms with Crippen molar-refractivity contribution in [2.45, 2.75) is 6.54 Å². The fourth-order valence-corrected chi connectivity index (χ4v) is 1.56. The summed E-state index contributed by atoms with van der Waals surface area (Å²) in [6, 6.07) is 5.80. The third-order valence-corrected chi connectivity index (χ3v) is 2.29. The average molecular weight is 241 g/mol. The largest absolute Gasteiger partial charge is 0.313 e. The van der Waals surface area contributed by atoms with Crippen LogP contribution in [0.25, 0.3) is 5.65 Å². The lowest BCUT2D eigenvalue weighted by molar-refractivity contribution is 0.750. The summed E-state index contributed by atoms with van der Waals surface area (Å²) in [5.41, 5.74) is 0.861. The number of nitrogens with one attached hydrogen (secondary N) is 1. The topological polar surface area (TPSA) is 42.2 Å². The third kappa shape index (κ3) is 1.57. The van der Waals surface area contributed by atoms with Crippen LogP contribution in [0, 0.1) is 0 Å². The number of nitrogens with zero attached hydrogens (tertiary/aromatic N) is 3. The molecule has 0 saturated heterocycles. The molecule has 5 heteroatoms. The predicted octanol–water partition coefficient (Wildman–Crippen LogP) is 1.21. The van der Waals surface area contributed by atoms with Crippen LogP contribution in [0.15, 0.2) is 22.8 Å². The van der Waals surface area contributed by atoms with Crippen molar-refractivity contribution < 1.29 is 0 Å². The van der Waals surface area contributed by atoms with E-state index >= 15 is 0 Å². The van der Waals surface area contributed by atoms with Crippen molar-refractivity contribution in [1.82, 2.24) is 19.9 Å². The Labute approximate surface area is 84.1 Å². The van der Waals surface area contributed by atoms with Crippen LogP contribution in [0.1, 0.15) is 5.82 Å². The van der Waals surface area contributed by atoms with Crippen LogP contribution >= 0.6 is 15.9 Å². The first kappa shape index (κ1) is 8.65. The van der Waals surface area contributed by atoms with Gasteiger partial charge in [-0.05, 0) is 35.1 Å². The molecule has 0 aliphatic heterocycles. The Kier molecular flexibility index (Phi) is 2.28. The molecule has 1 N–H and O–H groups in total. The lowest BCUT2D eigenvalue weighted by atomic mass is 10.5. The molecule has 2 aromatic rings. The number of fused-ring (bicyclic) bond motifs is 1. The second-order valence-corrected chi connectivity index (χ2v) is 3.49. The maximum atomic E-state index is 4.32. The highest BCUT2D eigenvalue weighted by Gasteiger charge is 2.03. The summed E-state index contributed by atoms with van der Waals surface area (Å²) >= 11 is 3.40. The Balaban J connectivity index is 2.55. The normalized spacial score (nSPS) is 10.9. The second-order valence-electron chi connectivity index (χ2n) is 2.68. The zero-order valence-corrected chi connectivity index (χ0v) is 8.74.